The van der Waals surface area contributed by atoms with E-state index in [-0.39, 0.29) is 31.4 Å². The van der Waals surface area contributed by atoms with Crippen LogP contribution in [0.15, 0.2) is 29.6 Å². The van der Waals surface area contributed by atoms with E-state index in [0.29, 0.717) is 53.3 Å². The smallest absolute Gasteiger partial charge is 0.414 e. The number of hydrogen-bond acceptors (Lipinski definition) is 10. The Labute approximate surface area is 216 Å². The second kappa shape index (κ2) is 11.5. The molecule has 0 spiro atoms. The van der Waals surface area contributed by atoms with Crippen molar-refractivity contribution in [2.24, 2.45) is 5.16 Å². The van der Waals surface area contributed by atoms with Crippen LogP contribution in [0.5, 0.6) is 0 Å². The summed E-state index contributed by atoms with van der Waals surface area (Å²) in [6.07, 6.45) is 0.450. The van der Waals surface area contributed by atoms with Crippen molar-refractivity contribution >= 4 is 51.5 Å². The molecule has 198 valence electrons. The highest BCUT2D eigenvalue weighted by atomic mass is 32.1. The molecule has 3 N–H and O–H groups in total. The molecule has 2 aromatic rings. The first-order valence-corrected chi connectivity index (χ1v) is 12.5. The van der Waals surface area contributed by atoms with Crippen LogP contribution in [0.3, 0.4) is 0 Å². The van der Waals surface area contributed by atoms with Crippen LogP contribution in [0, 0.1) is 5.82 Å². The highest BCUT2D eigenvalue weighted by Crippen LogP contribution is 2.28. The molecule has 1 aromatic heterocycles. The van der Waals surface area contributed by atoms with E-state index in [1.807, 2.05) is 9.80 Å². The third-order valence-corrected chi connectivity index (χ3v) is 7.06. The van der Waals surface area contributed by atoms with Crippen LogP contribution in [0.1, 0.15) is 18.7 Å². The van der Waals surface area contributed by atoms with E-state index in [0.717, 1.165) is 0 Å². The SMILES string of the molecule is CC(=O)NC[C@H]1CN(c2ccc(N3CCN(CC(=O)Nc4ncc(/C(C)=N/O)s4)CC3)c(F)c2)C(=O)O1. The Morgan fingerprint density at radius 1 is 1.27 bits per heavy atom. The lowest BCUT2D eigenvalue weighted by atomic mass is 10.2. The Morgan fingerprint density at radius 3 is 2.70 bits per heavy atom. The number of ether oxygens (including phenoxy) is 1. The maximum Gasteiger partial charge on any atom is 0.414 e. The zero-order valence-corrected chi connectivity index (χ0v) is 21.3. The minimum atomic E-state index is -0.583. The van der Waals surface area contributed by atoms with E-state index < -0.39 is 18.0 Å². The van der Waals surface area contributed by atoms with Crippen LogP contribution in [0.4, 0.5) is 25.7 Å². The summed E-state index contributed by atoms with van der Waals surface area (Å²) in [4.78, 5) is 45.7. The Balaban J connectivity index is 1.28. The van der Waals surface area contributed by atoms with Gasteiger partial charge in [-0.15, -0.1) is 0 Å². The molecule has 2 fully saturated rings. The monoisotopic (exact) mass is 533 g/mol. The molecule has 37 heavy (non-hydrogen) atoms. The number of cyclic esters (lactones) is 1. The molecule has 0 unspecified atom stereocenters. The summed E-state index contributed by atoms with van der Waals surface area (Å²) in [5.74, 6) is -0.885. The van der Waals surface area contributed by atoms with E-state index in [2.05, 4.69) is 20.8 Å². The van der Waals surface area contributed by atoms with Crippen LogP contribution < -0.4 is 20.4 Å². The lowest BCUT2D eigenvalue weighted by Gasteiger charge is -2.36. The third-order valence-electron chi connectivity index (χ3n) is 6.03. The molecule has 3 amide bonds. The summed E-state index contributed by atoms with van der Waals surface area (Å²) >= 11 is 1.22. The van der Waals surface area contributed by atoms with Crippen molar-refractivity contribution in [3.8, 4) is 0 Å². The number of oxime groups is 1. The van der Waals surface area contributed by atoms with Crippen molar-refractivity contribution in [2.75, 3.05) is 60.9 Å². The van der Waals surface area contributed by atoms with Gasteiger partial charge in [0, 0.05) is 39.3 Å². The number of benzene rings is 1. The van der Waals surface area contributed by atoms with Gasteiger partial charge in [0.2, 0.25) is 11.8 Å². The zero-order chi connectivity index (χ0) is 26.5. The topological polar surface area (TPSA) is 140 Å². The fourth-order valence-corrected chi connectivity index (χ4v) is 4.85. The number of amides is 3. The highest BCUT2D eigenvalue weighted by Gasteiger charge is 2.33. The van der Waals surface area contributed by atoms with Crippen molar-refractivity contribution in [3.05, 3.63) is 35.1 Å². The summed E-state index contributed by atoms with van der Waals surface area (Å²) in [7, 11) is 0. The standard InChI is InChI=1S/C23H28FN7O5S/c1-14(28-35)20-11-26-22(37-20)27-21(33)13-29-5-7-30(8-6-29)19-4-3-16(9-18(19)24)31-12-17(36-23(31)34)10-25-15(2)32/h3-4,9,11,17,35H,5-8,10,12-13H2,1-2H3,(H,25,32)(H,26,27,33)/b28-14+/t17-/m0/s1. The van der Waals surface area contributed by atoms with Gasteiger partial charge in [-0.1, -0.05) is 16.5 Å². The number of anilines is 3. The van der Waals surface area contributed by atoms with E-state index in [9.17, 15) is 14.4 Å². The molecule has 0 bridgehead atoms. The normalized spacial score (nSPS) is 18.6. The number of carbonyl (C=O) groups is 3. The minimum absolute atomic E-state index is 0.175. The zero-order valence-electron chi connectivity index (χ0n) is 20.4. The number of piperazine rings is 1. The largest absolute Gasteiger partial charge is 0.442 e. The average molecular weight is 534 g/mol. The Hall–Kier alpha value is -3.78. The Kier molecular flexibility index (Phi) is 8.18. The fraction of sp³-hybridized carbons (Fsp3) is 0.435. The summed E-state index contributed by atoms with van der Waals surface area (Å²) in [5.41, 5.74) is 1.23. The summed E-state index contributed by atoms with van der Waals surface area (Å²) in [5, 5.41) is 17.8. The van der Waals surface area contributed by atoms with Gasteiger partial charge >= 0.3 is 6.09 Å². The molecule has 1 aromatic carbocycles. The first-order chi connectivity index (χ1) is 17.7. The molecular formula is C23H28FN7O5S. The van der Waals surface area contributed by atoms with Gasteiger partial charge in [-0.2, -0.15) is 0 Å². The number of aromatic nitrogens is 1. The molecule has 4 rings (SSSR count). The molecule has 2 aliphatic heterocycles. The predicted octanol–water partition coefficient (Wildman–Crippen LogP) is 1.70. The maximum atomic E-state index is 15.0. The van der Waals surface area contributed by atoms with Crippen molar-refractivity contribution < 1.29 is 28.7 Å². The minimum Gasteiger partial charge on any atom is -0.442 e. The van der Waals surface area contributed by atoms with E-state index in [4.69, 9.17) is 9.94 Å². The van der Waals surface area contributed by atoms with E-state index in [1.54, 1.807) is 19.1 Å². The van der Waals surface area contributed by atoms with Gasteiger partial charge in [-0.05, 0) is 25.1 Å². The van der Waals surface area contributed by atoms with Crippen LogP contribution in [0.2, 0.25) is 0 Å². The van der Waals surface area contributed by atoms with Gasteiger partial charge in [0.05, 0.1) is 41.6 Å². The molecule has 12 nitrogen and oxygen atoms in total. The lowest BCUT2D eigenvalue weighted by Crippen LogP contribution is -2.49. The molecule has 0 saturated carbocycles. The first-order valence-electron chi connectivity index (χ1n) is 11.7. The number of halogens is 1. The number of nitrogens with zero attached hydrogens (tertiary/aromatic N) is 5. The predicted molar refractivity (Wildman–Crippen MR) is 136 cm³/mol. The number of hydrogen-bond donors (Lipinski definition) is 3. The lowest BCUT2D eigenvalue weighted by molar-refractivity contribution is -0.119. The van der Waals surface area contributed by atoms with Crippen molar-refractivity contribution in [2.45, 2.75) is 20.0 Å². The van der Waals surface area contributed by atoms with Gasteiger partial charge < -0.3 is 25.5 Å². The Morgan fingerprint density at radius 2 is 2.03 bits per heavy atom. The molecule has 2 aliphatic rings. The number of nitrogens with one attached hydrogen (secondary N) is 2. The molecule has 0 radical (unpaired) electrons. The molecular weight excluding hydrogens is 505 g/mol. The summed E-state index contributed by atoms with van der Waals surface area (Å²) < 4.78 is 20.3. The van der Waals surface area contributed by atoms with Crippen LogP contribution >= 0.6 is 11.3 Å². The van der Waals surface area contributed by atoms with Crippen molar-refractivity contribution in [1.82, 2.24) is 15.2 Å². The second-order valence-corrected chi connectivity index (χ2v) is 9.75. The first kappa shape index (κ1) is 26.3. The van der Waals surface area contributed by atoms with Gasteiger partial charge in [0.15, 0.2) is 5.13 Å². The number of rotatable bonds is 8. The van der Waals surface area contributed by atoms with Gasteiger partial charge in [0.25, 0.3) is 0 Å². The third kappa shape index (κ3) is 6.51. The molecule has 0 aliphatic carbocycles. The van der Waals surface area contributed by atoms with Crippen molar-refractivity contribution in [3.63, 3.8) is 0 Å². The van der Waals surface area contributed by atoms with E-state index >= 15 is 4.39 Å². The van der Waals surface area contributed by atoms with E-state index in [1.165, 1.54) is 35.4 Å². The van der Waals surface area contributed by atoms with Gasteiger partial charge in [-0.25, -0.2) is 14.2 Å². The van der Waals surface area contributed by atoms with Gasteiger partial charge in [0.1, 0.15) is 11.9 Å². The van der Waals surface area contributed by atoms with Crippen molar-refractivity contribution in [1.29, 1.82) is 0 Å². The molecule has 14 heteroatoms. The van der Waals surface area contributed by atoms with Crippen LogP contribution in [-0.2, 0) is 14.3 Å². The van der Waals surface area contributed by atoms with Crippen LogP contribution in [0.25, 0.3) is 0 Å². The van der Waals surface area contributed by atoms with Gasteiger partial charge in [-0.3, -0.25) is 19.4 Å². The number of carbonyl (C=O) groups excluding carboxylic acids is 3. The maximum absolute atomic E-state index is 15.0. The fourth-order valence-electron chi connectivity index (χ4n) is 4.07. The Bertz CT molecular complexity index is 1200. The van der Waals surface area contributed by atoms with Crippen LogP contribution in [-0.4, -0.2) is 90.6 Å². The highest BCUT2D eigenvalue weighted by molar-refractivity contribution is 7.17. The quantitative estimate of drug-likeness (QED) is 0.265. The average Bonchev–Trinajstić information content (AvgIpc) is 3.49. The molecule has 1 atom stereocenters. The summed E-state index contributed by atoms with van der Waals surface area (Å²) in [6.45, 7) is 5.80. The second-order valence-electron chi connectivity index (χ2n) is 8.72. The molecule has 3 heterocycles. The molecule has 2 saturated heterocycles. The summed E-state index contributed by atoms with van der Waals surface area (Å²) in [6, 6.07) is 4.62. The number of thiazole rings is 1.